The molecule has 0 bridgehead atoms. The summed E-state index contributed by atoms with van der Waals surface area (Å²) in [5.41, 5.74) is 4.22. The number of nitrogens with zero attached hydrogens (tertiary/aromatic N) is 11. The van der Waals surface area contributed by atoms with Gasteiger partial charge in [-0.25, -0.2) is 8.78 Å². The Hall–Kier alpha value is -6.99. The van der Waals surface area contributed by atoms with E-state index in [4.69, 9.17) is 23.7 Å². The van der Waals surface area contributed by atoms with E-state index < -0.39 is 5.82 Å². The van der Waals surface area contributed by atoms with Gasteiger partial charge in [0.05, 0.1) is 56.3 Å². The SMILES string of the molecule is Cn1ccc(-c2ccc(Cn3cc(Br)c4ncccc4c3=O)c(F)c2)n1.Cn1ccc(-c2ccc(Cn3cc(C#N)c4ncccc4c3=O)c(F)c2)n1.[C-]#N.[C-]#N.[Zn+2]. The van der Waals surface area contributed by atoms with E-state index in [1.54, 1.807) is 89.7 Å². The van der Waals surface area contributed by atoms with Crippen LogP contribution < -0.4 is 11.1 Å². The molecule has 0 aliphatic carbocycles. The molecule has 6 heterocycles. The molecular formula is C41H28BrF2N11O2Zn. The minimum Gasteiger partial charge on any atom is -0.512 e. The second kappa shape index (κ2) is 19.7. The van der Waals surface area contributed by atoms with Crippen LogP contribution in [0, 0.1) is 46.6 Å². The molecule has 0 unspecified atom stereocenters. The van der Waals surface area contributed by atoms with E-state index in [1.165, 1.54) is 33.7 Å². The maximum Gasteiger partial charge on any atom is 2.00 e. The maximum absolute atomic E-state index is 14.6. The molecule has 58 heavy (non-hydrogen) atoms. The van der Waals surface area contributed by atoms with Gasteiger partial charge in [-0.2, -0.15) is 15.5 Å². The van der Waals surface area contributed by atoms with Crippen LogP contribution in [0.2, 0.25) is 0 Å². The summed E-state index contributed by atoms with van der Waals surface area (Å²) in [6.45, 7) is 9.66. The molecule has 17 heteroatoms. The molecule has 0 spiro atoms. The van der Waals surface area contributed by atoms with E-state index in [1.807, 2.05) is 25.2 Å². The van der Waals surface area contributed by atoms with Crippen LogP contribution in [-0.2, 0) is 46.7 Å². The molecular weight excluding hydrogens is 862 g/mol. The number of aromatic nitrogens is 8. The van der Waals surface area contributed by atoms with Crippen LogP contribution >= 0.6 is 15.9 Å². The minimum absolute atomic E-state index is 0. The zero-order valence-corrected chi connectivity index (χ0v) is 35.4. The molecule has 0 aliphatic rings. The normalized spacial score (nSPS) is 10.1. The van der Waals surface area contributed by atoms with Crippen molar-refractivity contribution in [2.45, 2.75) is 13.1 Å². The van der Waals surface area contributed by atoms with Gasteiger partial charge in [-0.05, 0) is 64.5 Å². The second-order valence-electron chi connectivity index (χ2n) is 12.2. The van der Waals surface area contributed by atoms with E-state index in [2.05, 4.69) is 36.1 Å². The number of hydrogen-bond donors (Lipinski definition) is 0. The molecule has 6 aromatic heterocycles. The van der Waals surface area contributed by atoms with Gasteiger partial charge in [0.1, 0.15) is 17.7 Å². The summed E-state index contributed by atoms with van der Waals surface area (Å²) in [7, 11) is 3.61. The van der Waals surface area contributed by atoms with Crippen LogP contribution in [0.25, 0.3) is 44.3 Å². The van der Waals surface area contributed by atoms with Crippen LogP contribution in [0.3, 0.4) is 0 Å². The zero-order valence-electron chi connectivity index (χ0n) is 30.9. The molecule has 0 fully saturated rings. The average Bonchev–Trinajstić information content (AvgIpc) is 3.89. The molecule has 0 saturated heterocycles. The van der Waals surface area contributed by atoms with Gasteiger partial charge < -0.3 is 32.8 Å². The van der Waals surface area contributed by atoms with Crippen molar-refractivity contribution in [3.05, 3.63) is 177 Å². The molecule has 13 nitrogen and oxygen atoms in total. The third-order valence-corrected chi connectivity index (χ3v) is 9.14. The monoisotopic (exact) mass is 887 g/mol. The third-order valence-electron chi connectivity index (χ3n) is 8.56. The van der Waals surface area contributed by atoms with Crippen molar-refractivity contribution in [2.75, 3.05) is 0 Å². The first-order valence-electron chi connectivity index (χ1n) is 16.6. The molecule has 8 rings (SSSR count). The number of aryl methyl sites for hydroxylation is 2. The number of pyridine rings is 4. The molecule has 0 amide bonds. The smallest absolute Gasteiger partial charge is 0.512 e. The number of nitriles is 1. The maximum atomic E-state index is 14.6. The summed E-state index contributed by atoms with van der Waals surface area (Å²) in [5.74, 6) is -0.808. The van der Waals surface area contributed by atoms with Crippen molar-refractivity contribution in [1.82, 2.24) is 38.7 Å². The van der Waals surface area contributed by atoms with Crippen molar-refractivity contribution in [1.29, 1.82) is 15.8 Å². The Labute approximate surface area is 351 Å². The van der Waals surface area contributed by atoms with Gasteiger partial charge in [0.2, 0.25) is 0 Å². The van der Waals surface area contributed by atoms with Gasteiger partial charge in [-0.3, -0.25) is 28.9 Å². The van der Waals surface area contributed by atoms with E-state index in [9.17, 15) is 23.6 Å². The third kappa shape index (κ3) is 9.51. The molecule has 282 valence electrons. The predicted octanol–water partition coefficient (Wildman–Crippen LogP) is 6.79. The fraction of sp³-hybridized carbons (Fsp3) is 0.0976. The quantitative estimate of drug-likeness (QED) is 0.129. The number of halogens is 3. The van der Waals surface area contributed by atoms with E-state index in [0.717, 1.165) is 0 Å². The predicted molar refractivity (Wildman–Crippen MR) is 210 cm³/mol. The average molecular weight is 890 g/mol. The van der Waals surface area contributed by atoms with E-state index in [0.29, 0.717) is 59.9 Å². The molecule has 2 aromatic carbocycles. The Bertz CT molecular complexity index is 2940. The number of hydrogen-bond acceptors (Lipinski definition) is 9. The van der Waals surface area contributed by atoms with E-state index >= 15 is 0 Å². The Morgan fingerprint density at radius 1 is 0.690 bits per heavy atom. The Balaban J connectivity index is 0.000000233. The Kier molecular flexibility index (Phi) is 14.9. The first kappa shape index (κ1) is 43.7. The van der Waals surface area contributed by atoms with Crippen LogP contribution in [0.1, 0.15) is 16.7 Å². The summed E-state index contributed by atoms with van der Waals surface area (Å²) in [5, 5.41) is 31.2. The van der Waals surface area contributed by atoms with Gasteiger partial charge in [-0.1, -0.05) is 24.3 Å². The standard InChI is InChI=1S/C20H14FN5O.C19H14BrFN4O.2CN.Zn/c1-25-8-6-18(24-25)13-4-5-14(17(21)9-13)11-26-12-15(10-22)19-16(20(26)27)3-2-7-23-19;1-24-8-6-17(23-24)12-4-5-13(16(21)9-12)10-25-11-15(20)18-14(19(25)26)3-2-7-22-18;2*1-2;/h2-9,12H,11H2,1H3;2-9,11H,10H2,1H3;;;/q;;2*-1;+2. The van der Waals surface area contributed by atoms with Crippen LogP contribution in [0.4, 0.5) is 8.78 Å². The van der Waals surface area contributed by atoms with E-state index in [-0.39, 0.29) is 55.1 Å². The van der Waals surface area contributed by atoms with Gasteiger partial charge in [0.15, 0.2) is 0 Å². The summed E-state index contributed by atoms with van der Waals surface area (Å²) >= 11 is 3.43. The van der Waals surface area contributed by atoms with Crippen LogP contribution in [0.5, 0.6) is 0 Å². The van der Waals surface area contributed by atoms with Gasteiger partial charge in [-0.15, -0.1) is 0 Å². The van der Waals surface area contributed by atoms with Gasteiger partial charge in [0, 0.05) is 73.5 Å². The van der Waals surface area contributed by atoms with Crippen LogP contribution in [-0.4, -0.2) is 38.7 Å². The summed E-state index contributed by atoms with van der Waals surface area (Å²) in [4.78, 5) is 33.7. The molecule has 0 radical (unpaired) electrons. The van der Waals surface area contributed by atoms with Crippen molar-refractivity contribution in [3.8, 4) is 28.6 Å². The summed E-state index contributed by atoms with van der Waals surface area (Å²) < 4.78 is 36.1. The fourth-order valence-corrected chi connectivity index (χ4v) is 6.46. The van der Waals surface area contributed by atoms with Crippen LogP contribution in [0.15, 0.2) is 124 Å². The number of fused-ring (bicyclic) bond motifs is 2. The molecule has 0 atom stereocenters. The van der Waals surface area contributed by atoms with Crippen molar-refractivity contribution in [2.24, 2.45) is 14.1 Å². The second-order valence-corrected chi connectivity index (χ2v) is 13.0. The first-order valence-corrected chi connectivity index (χ1v) is 17.4. The van der Waals surface area contributed by atoms with Gasteiger partial charge >= 0.3 is 19.5 Å². The first-order chi connectivity index (χ1) is 27.6. The zero-order chi connectivity index (χ0) is 41.2. The molecule has 0 aliphatic heterocycles. The summed E-state index contributed by atoms with van der Waals surface area (Å²) in [6.07, 6.45) is 9.82. The number of benzene rings is 2. The Morgan fingerprint density at radius 3 is 1.57 bits per heavy atom. The molecule has 0 N–H and O–H groups in total. The minimum atomic E-state index is -0.435. The van der Waals surface area contributed by atoms with Crippen molar-refractivity contribution < 1.29 is 28.3 Å². The molecule has 8 aromatic rings. The topological polar surface area (TPSA) is 177 Å². The fourth-order valence-electron chi connectivity index (χ4n) is 5.89. The van der Waals surface area contributed by atoms with Crippen molar-refractivity contribution in [3.63, 3.8) is 0 Å². The molecule has 0 saturated carbocycles. The summed E-state index contributed by atoms with van der Waals surface area (Å²) in [6, 6.07) is 22.1. The number of rotatable bonds is 6. The van der Waals surface area contributed by atoms with Crippen molar-refractivity contribution >= 4 is 37.7 Å². The van der Waals surface area contributed by atoms with Gasteiger partial charge in [0.25, 0.3) is 11.1 Å². The Morgan fingerprint density at radius 2 is 1.14 bits per heavy atom. The largest absolute Gasteiger partial charge is 2.00 e.